The first kappa shape index (κ1) is 23.1. The Labute approximate surface area is 200 Å². The molecule has 0 fully saturated rings. The van der Waals surface area contributed by atoms with Crippen LogP contribution in [0.2, 0.25) is 5.15 Å². The van der Waals surface area contributed by atoms with E-state index in [9.17, 15) is 0 Å². The fourth-order valence-corrected chi connectivity index (χ4v) is 3.67. The number of aromatic nitrogens is 4. The summed E-state index contributed by atoms with van der Waals surface area (Å²) in [7, 11) is 4.10. The lowest BCUT2D eigenvalue weighted by Crippen LogP contribution is -2.10. The van der Waals surface area contributed by atoms with E-state index in [0.717, 1.165) is 45.8 Å². The van der Waals surface area contributed by atoms with Gasteiger partial charge in [-0.05, 0) is 56.1 Å². The van der Waals surface area contributed by atoms with E-state index in [2.05, 4.69) is 42.3 Å². The Bertz CT molecular complexity index is 1430. The molecule has 3 heterocycles. The summed E-state index contributed by atoms with van der Waals surface area (Å²) in [5, 5.41) is 10.6. The third kappa shape index (κ3) is 5.45. The molecular formula is C24H23ClN6O3. The number of anilines is 2. The summed E-state index contributed by atoms with van der Waals surface area (Å²) in [6.07, 6.45) is 1.84. The van der Waals surface area contributed by atoms with Gasteiger partial charge in [-0.25, -0.2) is 9.97 Å². The van der Waals surface area contributed by atoms with E-state index in [0.29, 0.717) is 11.1 Å². The first-order chi connectivity index (χ1) is 16.4. The van der Waals surface area contributed by atoms with Crippen molar-refractivity contribution in [2.75, 3.05) is 19.4 Å². The molecule has 34 heavy (non-hydrogen) atoms. The average molecular weight is 479 g/mol. The maximum Gasteiger partial charge on any atom is 0.290 e. The molecule has 0 radical (unpaired) electrons. The van der Waals surface area contributed by atoms with Gasteiger partial charge in [0, 0.05) is 18.8 Å². The molecule has 174 valence electrons. The summed E-state index contributed by atoms with van der Waals surface area (Å²) in [4.78, 5) is 25.9. The lowest BCUT2D eigenvalue weighted by molar-refractivity contribution is -0.122. The molecule has 9 nitrogen and oxygen atoms in total. The highest BCUT2D eigenvalue weighted by molar-refractivity contribution is 6.29. The molecule has 2 aromatic carbocycles. The Kier molecular flexibility index (Phi) is 6.95. The van der Waals surface area contributed by atoms with Gasteiger partial charge in [0.05, 0.1) is 22.2 Å². The number of benzene rings is 2. The normalized spacial score (nSPS) is 10.8. The van der Waals surface area contributed by atoms with E-state index in [-0.39, 0.29) is 6.47 Å². The molecule has 0 aliphatic carbocycles. The van der Waals surface area contributed by atoms with Crippen LogP contribution in [0.4, 0.5) is 11.6 Å². The number of fused-ring (bicyclic) bond motifs is 2. The van der Waals surface area contributed by atoms with Crippen LogP contribution in [-0.2, 0) is 11.3 Å². The monoisotopic (exact) mass is 478 g/mol. The number of hydrogen-bond acceptors (Lipinski definition) is 6. The SMILES string of the molecule is CN(C)Cc1cccc(Oc2ccc3nc(Nc4c[nH]c5ccc(Cl)nc45)[nH]c3c2)c1.O=CO. The van der Waals surface area contributed by atoms with Gasteiger partial charge in [-0.1, -0.05) is 23.7 Å². The van der Waals surface area contributed by atoms with E-state index in [1.807, 2.05) is 56.7 Å². The quantitative estimate of drug-likeness (QED) is 0.191. The number of carbonyl (C=O) groups is 1. The maximum atomic E-state index is 8.36. The Balaban J connectivity index is 0.000000868. The number of rotatable bonds is 6. The molecule has 0 aliphatic heterocycles. The second-order valence-corrected chi connectivity index (χ2v) is 8.10. The summed E-state index contributed by atoms with van der Waals surface area (Å²) in [5.41, 5.74) is 5.36. The summed E-state index contributed by atoms with van der Waals surface area (Å²) >= 11 is 6.04. The number of nitrogens with zero attached hydrogens (tertiary/aromatic N) is 3. The molecular weight excluding hydrogens is 456 g/mol. The molecule has 5 aromatic rings. The number of aromatic amines is 2. The summed E-state index contributed by atoms with van der Waals surface area (Å²) in [6, 6.07) is 17.5. The van der Waals surface area contributed by atoms with Crippen molar-refractivity contribution in [3.05, 3.63) is 71.5 Å². The molecule has 10 heteroatoms. The van der Waals surface area contributed by atoms with E-state index in [1.54, 1.807) is 6.07 Å². The van der Waals surface area contributed by atoms with Crippen LogP contribution in [0.15, 0.2) is 60.8 Å². The molecule has 0 saturated heterocycles. The zero-order chi connectivity index (χ0) is 24.1. The van der Waals surface area contributed by atoms with Crippen molar-refractivity contribution in [3.8, 4) is 11.5 Å². The van der Waals surface area contributed by atoms with Crippen molar-refractivity contribution in [3.63, 3.8) is 0 Å². The highest BCUT2D eigenvalue weighted by atomic mass is 35.5. The van der Waals surface area contributed by atoms with E-state index >= 15 is 0 Å². The minimum absolute atomic E-state index is 0.250. The second-order valence-electron chi connectivity index (χ2n) is 7.71. The van der Waals surface area contributed by atoms with Crippen molar-refractivity contribution in [2.45, 2.75) is 6.54 Å². The second kappa shape index (κ2) is 10.2. The number of ether oxygens (including phenoxy) is 1. The topological polar surface area (TPSA) is 119 Å². The number of halogens is 1. The van der Waals surface area contributed by atoms with Crippen molar-refractivity contribution < 1.29 is 14.6 Å². The molecule has 0 saturated carbocycles. The van der Waals surface area contributed by atoms with Crippen LogP contribution in [0.25, 0.3) is 22.1 Å². The Morgan fingerprint density at radius 2 is 1.88 bits per heavy atom. The number of imidazole rings is 1. The molecule has 0 bridgehead atoms. The van der Waals surface area contributed by atoms with E-state index < -0.39 is 0 Å². The van der Waals surface area contributed by atoms with Crippen LogP contribution in [0.5, 0.6) is 11.5 Å². The molecule has 0 atom stereocenters. The molecule has 5 rings (SSSR count). The highest BCUT2D eigenvalue weighted by Crippen LogP contribution is 2.29. The molecule has 3 aromatic heterocycles. The van der Waals surface area contributed by atoms with Crippen LogP contribution in [0, 0.1) is 0 Å². The third-order valence-corrected chi connectivity index (χ3v) is 5.04. The summed E-state index contributed by atoms with van der Waals surface area (Å²) in [6.45, 7) is 0.611. The van der Waals surface area contributed by atoms with Gasteiger partial charge in [0.15, 0.2) is 0 Å². The average Bonchev–Trinajstić information content (AvgIpc) is 3.37. The maximum absolute atomic E-state index is 8.36. The lowest BCUT2D eigenvalue weighted by atomic mass is 10.2. The van der Waals surface area contributed by atoms with Gasteiger partial charge in [0.2, 0.25) is 5.95 Å². The number of carboxylic acid groups (broad SMARTS) is 1. The zero-order valence-corrected chi connectivity index (χ0v) is 19.3. The minimum atomic E-state index is -0.250. The lowest BCUT2D eigenvalue weighted by Gasteiger charge is -2.11. The van der Waals surface area contributed by atoms with Gasteiger partial charge in [0.25, 0.3) is 6.47 Å². The standard InChI is InChI=1S/C23H21ClN6O.CH2O2/c1-30(2)13-14-4-3-5-15(10-14)31-16-6-7-17-19(11-16)27-23(26-17)28-20-12-25-18-8-9-21(24)29-22(18)20;2-1-3/h3-12,25H,13H2,1-2H3,(H2,26,27,28);1H,(H,2,3). The van der Waals surface area contributed by atoms with Gasteiger partial charge in [-0.15, -0.1) is 0 Å². The Morgan fingerprint density at radius 3 is 2.68 bits per heavy atom. The number of nitrogens with one attached hydrogen (secondary N) is 3. The first-order valence-electron chi connectivity index (χ1n) is 10.3. The Morgan fingerprint density at radius 1 is 1.09 bits per heavy atom. The van der Waals surface area contributed by atoms with Crippen molar-refractivity contribution >= 4 is 51.8 Å². The van der Waals surface area contributed by atoms with Crippen LogP contribution in [0.1, 0.15) is 5.56 Å². The van der Waals surface area contributed by atoms with Crippen molar-refractivity contribution in [1.29, 1.82) is 0 Å². The molecule has 0 spiro atoms. The van der Waals surface area contributed by atoms with Crippen molar-refractivity contribution in [2.24, 2.45) is 0 Å². The fraction of sp³-hybridized carbons (Fsp3) is 0.125. The largest absolute Gasteiger partial charge is 0.483 e. The van der Waals surface area contributed by atoms with Crippen molar-refractivity contribution in [1.82, 2.24) is 24.8 Å². The minimum Gasteiger partial charge on any atom is -0.483 e. The van der Waals surface area contributed by atoms with Crippen LogP contribution >= 0.6 is 11.6 Å². The van der Waals surface area contributed by atoms with Gasteiger partial charge >= 0.3 is 0 Å². The molecule has 4 N–H and O–H groups in total. The Hall–Kier alpha value is -4.08. The van der Waals surface area contributed by atoms with Crippen LogP contribution in [-0.4, -0.2) is 50.5 Å². The smallest absolute Gasteiger partial charge is 0.290 e. The number of hydrogen-bond donors (Lipinski definition) is 4. The van der Waals surface area contributed by atoms with Gasteiger partial charge in [-0.3, -0.25) is 4.79 Å². The predicted octanol–water partition coefficient (Wildman–Crippen LogP) is 5.39. The summed E-state index contributed by atoms with van der Waals surface area (Å²) in [5.74, 6) is 2.16. The third-order valence-electron chi connectivity index (χ3n) is 4.83. The van der Waals surface area contributed by atoms with E-state index in [1.165, 1.54) is 5.56 Å². The molecule has 0 aliphatic rings. The summed E-state index contributed by atoms with van der Waals surface area (Å²) < 4.78 is 6.08. The first-order valence-corrected chi connectivity index (χ1v) is 10.7. The highest BCUT2D eigenvalue weighted by Gasteiger charge is 2.10. The predicted molar refractivity (Wildman–Crippen MR) is 133 cm³/mol. The van der Waals surface area contributed by atoms with Crippen LogP contribution < -0.4 is 10.1 Å². The van der Waals surface area contributed by atoms with Gasteiger partial charge < -0.3 is 30.0 Å². The van der Waals surface area contributed by atoms with Gasteiger partial charge in [0.1, 0.15) is 22.2 Å². The van der Waals surface area contributed by atoms with Crippen LogP contribution in [0.3, 0.4) is 0 Å². The number of H-pyrrole nitrogens is 2. The zero-order valence-electron chi connectivity index (χ0n) is 18.5. The van der Waals surface area contributed by atoms with E-state index in [4.69, 9.17) is 26.2 Å². The number of pyridine rings is 1. The molecule has 0 unspecified atom stereocenters. The molecule has 0 amide bonds. The fourth-order valence-electron chi connectivity index (χ4n) is 3.52. The van der Waals surface area contributed by atoms with Gasteiger partial charge in [-0.2, -0.15) is 0 Å².